The highest BCUT2D eigenvalue weighted by molar-refractivity contribution is 8.14. The Morgan fingerprint density at radius 1 is 1.16 bits per heavy atom. The van der Waals surface area contributed by atoms with Gasteiger partial charge in [0.15, 0.2) is 0 Å². The van der Waals surface area contributed by atoms with Gasteiger partial charge in [0.1, 0.15) is 30.5 Å². The van der Waals surface area contributed by atoms with Gasteiger partial charge in [0.2, 0.25) is 0 Å². The van der Waals surface area contributed by atoms with E-state index in [4.69, 9.17) is 4.74 Å². The van der Waals surface area contributed by atoms with Gasteiger partial charge in [-0.05, 0) is 41.8 Å². The van der Waals surface area contributed by atoms with Gasteiger partial charge in [-0.3, -0.25) is 4.79 Å². The van der Waals surface area contributed by atoms with Gasteiger partial charge in [-0.2, -0.15) is 0 Å². The number of carbonyl (C=O) groups excluding carboxylic acids is 1. The maximum absolute atomic E-state index is 12.9. The number of benzene rings is 2. The average Bonchev–Trinajstić information content (AvgIpc) is 2.92. The predicted octanol–water partition coefficient (Wildman–Crippen LogP) is 2.62. The summed E-state index contributed by atoms with van der Waals surface area (Å²) in [5.41, 5.74) is 1.56. The number of carbonyl (C=O) groups is 1. The van der Waals surface area contributed by atoms with E-state index in [1.54, 1.807) is 12.1 Å². The molecule has 1 fully saturated rings. The zero-order valence-corrected chi connectivity index (χ0v) is 14.1. The van der Waals surface area contributed by atoms with Crippen molar-refractivity contribution in [2.45, 2.75) is 24.0 Å². The summed E-state index contributed by atoms with van der Waals surface area (Å²) in [6, 6.07) is 12.9. The lowest BCUT2D eigenvalue weighted by Crippen LogP contribution is -2.31. The SMILES string of the molecule is O=C1NC(O)C(Cc2ccc(OC[C@@H](O)c3ccc(F)cc3)cc2)S1. The van der Waals surface area contributed by atoms with E-state index in [1.165, 1.54) is 24.3 Å². The molecule has 1 aliphatic rings. The van der Waals surface area contributed by atoms with Gasteiger partial charge in [0.25, 0.3) is 5.24 Å². The molecule has 0 radical (unpaired) electrons. The molecule has 0 bridgehead atoms. The highest BCUT2D eigenvalue weighted by Gasteiger charge is 2.31. The molecule has 7 heteroatoms. The van der Waals surface area contributed by atoms with Crippen molar-refractivity contribution in [2.24, 2.45) is 0 Å². The Labute approximate surface area is 148 Å². The number of hydrogen-bond acceptors (Lipinski definition) is 5. The van der Waals surface area contributed by atoms with Crippen LogP contribution in [0, 0.1) is 5.82 Å². The van der Waals surface area contributed by atoms with Crippen LogP contribution in [-0.2, 0) is 6.42 Å². The lowest BCUT2D eigenvalue weighted by atomic mass is 10.1. The molecule has 0 aliphatic carbocycles. The predicted molar refractivity (Wildman–Crippen MR) is 92.9 cm³/mol. The van der Waals surface area contributed by atoms with E-state index in [0.29, 0.717) is 17.7 Å². The fraction of sp³-hybridized carbons (Fsp3) is 0.278. The van der Waals surface area contributed by atoms with Crippen LogP contribution in [-0.4, -0.2) is 33.5 Å². The zero-order valence-electron chi connectivity index (χ0n) is 13.3. The molecular weight excluding hydrogens is 345 g/mol. The Hall–Kier alpha value is -2.09. The molecule has 0 spiro atoms. The van der Waals surface area contributed by atoms with Crippen LogP contribution in [0.1, 0.15) is 17.2 Å². The summed E-state index contributed by atoms with van der Waals surface area (Å²) in [5.74, 6) is 0.244. The van der Waals surface area contributed by atoms with Crippen LogP contribution in [0.25, 0.3) is 0 Å². The molecule has 0 saturated carbocycles. The summed E-state index contributed by atoms with van der Waals surface area (Å²) < 4.78 is 18.4. The molecule has 3 atom stereocenters. The van der Waals surface area contributed by atoms with Crippen LogP contribution in [0.2, 0.25) is 0 Å². The summed E-state index contributed by atoms with van der Waals surface area (Å²) in [6.07, 6.45) is -1.12. The summed E-state index contributed by atoms with van der Waals surface area (Å²) in [6.45, 7) is 0.0561. The third-order valence-electron chi connectivity index (χ3n) is 3.90. The fourth-order valence-electron chi connectivity index (χ4n) is 2.51. The van der Waals surface area contributed by atoms with Crippen molar-refractivity contribution in [3.05, 3.63) is 65.5 Å². The average molecular weight is 363 g/mol. The van der Waals surface area contributed by atoms with Crippen molar-refractivity contribution >= 4 is 17.0 Å². The van der Waals surface area contributed by atoms with Crippen molar-refractivity contribution < 1.29 is 24.1 Å². The highest BCUT2D eigenvalue weighted by Crippen LogP contribution is 2.26. The number of halogens is 1. The molecule has 1 aliphatic heterocycles. The molecule has 1 amide bonds. The lowest BCUT2D eigenvalue weighted by molar-refractivity contribution is 0.108. The third-order valence-corrected chi connectivity index (χ3v) is 4.96. The molecule has 2 unspecified atom stereocenters. The van der Waals surface area contributed by atoms with Crippen molar-refractivity contribution in [1.29, 1.82) is 0 Å². The standard InChI is InChI=1S/C18H18FNO4S/c19-13-5-3-12(4-6-13)15(21)10-24-14-7-1-11(2-8-14)9-16-17(22)20-18(23)25-16/h1-8,15-17,21-22H,9-10H2,(H,20,23)/t15-,16?,17?/m1/s1. The second kappa shape index (κ2) is 7.86. The Bertz CT molecular complexity index is 723. The first-order valence-corrected chi connectivity index (χ1v) is 8.70. The molecule has 132 valence electrons. The van der Waals surface area contributed by atoms with Crippen LogP contribution >= 0.6 is 11.8 Å². The van der Waals surface area contributed by atoms with Crippen molar-refractivity contribution in [1.82, 2.24) is 5.32 Å². The van der Waals surface area contributed by atoms with Crippen LogP contribution in [0.5, 0.6) is 5.75 Å². The van der Waals surface area contributed by atoms with Crippen LogP contribution in [0.15, 0.2) is 48.5 Å². The Kier molecular flexibility index (Phi) is 5.57. The minimum Gasteiger partial charge on any atom is -0.491 e. The first-order valence-electron chi connectivity index (χ1n) is 7.82. The normalized spacial score (nSPS) is 21.0. The van der Waals surface area contributed by atoms with Crippen LogP contribution in [0.4, 0.5) is 9.18 Å². The van der Waals surface area contributed by atoms with Gasteiger partial charge in [-0.1, -0.05) is 36.0 Å². The number of thioether (sulfide) groups is 1. The Morgan fingerprint density at radius 3 is 2.44 bits per heavy atom. The van der Waals surface area contributed by atoms with E-state index in [1.807, 2.05) is 12.1 Å². The summed E-state index contributed by atoms with van der Waals surface area (Å²) in [7, 11) is 0. The van der Waals surface area contributed by atoms with E-state index < -0.39 is 12.3 Å². The maximum atomic E-state index is 12.9. The van der Waals surface area contributed by atoms with E-state index in [9.17, 15) is 19.4 Å². The summed E-state index contributed by atoms with van der Waals surface area (Å²) >= 11 is 1.09. The molecule has 1 heterocycles. The van der Waals surface area contributed by atoms with E-state index in [-0.39, 0.29) is 22.9 Å². The van der Waals surface area contributed by atoms with Crippen molar-refractivity contribution in [3.8, 4) is 5.75 Å². The molecule has 2 aromatic rings. The zero-order chi connectivity index (χ0) is 17.8. The Morgan fingerprint density at radius 2 is 1.84 bits per heavy atom. The maximum Gasteiger partial charge on any atom is 0.281 e. The van der Waals surface area contributed by atoms with Gasteiger partial charge in [0, 0.05) is 0 Å². The molecule has 0 aromatic heterocycles. The number of ether oxygens (including phenoxy) is 1. The molecule has 2 aromatic carbocycles. The highest BCUT2D eigenvalue weighted by atomic mass is 32.2. The topological polar surface area (TPSA) is 78.8 Å². The number of nitrogens with one attached hydrogen (secondary N) is 1. The number of amides is 1. The van der Waals surface area contributed by atoms with E-state index in [0.717, 1.165) is 17.3 Å². The minimum atomic E-state index is -0.845. The van der Waals surface area contributed by atoms with Crippen LogP contribution in [0.3, 0.4) is 0 Å². The molecule has 1 saturated heterocycles. The Balaban J connectivity index is 1.52. The van der Waals surface area contributed by atoms with Gasteiger partial charge in [-0.15, -0.1) is 0 Å². The second-order valence-corrected chi connectivity index (χ2v) is 6.97. The first kappa shape index (κ1) is 17.7. The third kappa shape index (κ3) is 4.72. The number of aliphatic hydroxyl groups excluding tert-OH is 2. The monoisotopic (exact) mass is 363 g/mol. The molecule has 3 rings (SSSR count). The second-order valence-electron chi connectivity index (χ2n) is 5.76. The van der Waals surface area contributed by atoms with Gasteiger partial charge >= 0.3 is 0 Å². The first-order chi connectivity index (χ1) is 12.0. The lowest BCUT2D eigenvalue weighted by Gasteiger charge is -2.14. The van der Waals surface area contributed by atoms with Crippen LogP contribution < -0.4 is 10.1 Å². The quantitative estimate of drug-likeness (QED) is 0.735. The summed E-state index contributed by atoms with van der Waals surface area (Å²) in [5, 5.41) is 21.8. The van der Waals surface area contributed by atoms with Gasteiger partial charge in [-0.25, -0.2) is 4.39 Å². The molecule has 3 N–H and O–H groups in total. The molecular formula is C18H18FNO4S. The minimum absolute atomic E-state index is 0.0561. The molecule has 25 heavy (non-hydrogen) atoms. The van der Waals surface area contributed by atoms with Crippen molar-refractivity contribution in [3.63, 3.8) is 0 Å². The van der Waals surface area contributed by atoms with Crippen molar-refractivity contribution in [2.75, 3.05) is 6.61 Å². The number of rotatable bonds is 6. The molecule has 5 nitrogen and oxygen atoms in total. The smallest absolute Gasteiger partial charge is 0.281 e. The van der Waals surface area contributed by atoms with E-state index in [2.05, 4.69) is 5.32 Å². The number of aliphatic hydroxyl groups is 2. The largest absolute Gasteiger partial charge is 0.491 e. The van der Waals surface area contributed by atoms with E-state index >= 15 is 0 Å². The fourth-order valence-corrected chi connectivity index (χ4v) is 3.45. The number of hydrogen-bond donors (Lipinski definition) is 3. The summed E-state index contributed by atoms with van der Waals surface area (Å²) in [4.78, 5) is 11.2. The van der Waals surface area contributed by atoms with Gasteiger partial charge < -0.3 is 20.3 Å². The van der Waals surface area contributed by atoms with Gasteiger partial charge in [0.05, 0.1) is 5.25 Å².